The molecule has 0 unspecified atom stereocenters. The van der Waals surface area contributed by atoms with Gasteiger partial charge >= 0.3 is 5.97 Å². The van der Waals surface area contributed by atoms with Crippen LogP contribution in [0.5, 0.6) is 0 Å². The number of carbonyl (C=O) groups is 4. The van der Waals surface area contributed by atoms with Gasteiger partial charge in [-0.2, -0.15) is 0 Å². The number of ether oxygens (including phenoxy) is 1. The molecule has 4 aromatic rings. The quantitative estimate of drug-likeness (QED) is 0.372. The second-order valence-electron chi connectivity index (χ2n) is 7.21. The van der Waals surface area contributed by atoms with E-state index in [4.69, 9.17) is 4.74 Å². The Morgan fingerprint density at radius 3 is 2.18 bits per heavy atom. The maximum atomic E-state index is 13.1. The Bertz CT molecular complexity index is 1360. The van der Waals surface area contributed by atoms with Crippen molar-refractivity contribution in [1.29, 1.82) is 0 Å². The largest absolute Gasteiger partial charge is 0.452 e. The molecule has 0 atom stereocenters. The van der Waals surface area contributed by atoms with Crippen molar-refractivity contribution in [3.05, 3.63) is 89.7 Å². The lowest BCUT2D eigenvalue weighted by molar-refractivity contribution is -0.119. The number of hydrogen-bond acceptors (Lipinski definition) is 7. The van der Waals surface area contributed by atoms with Crippen LogP contribution < -0.4 is 10.2 Å². The van der Waals surface area contributed by atoms with Crippen LogP contribution in [0.4, 0.5) is 11.5 Å². The highest BCUT2D eigenvalue weighted by Gasteiger charge is 2.33. The minimum atomic E-state index is -0.733. The molecule has 0 saturated heterocycles. The maximum absolute atomic E-state index is 13.1. The summed E-state index contributed by atoms with van der Waals surface area (Å²) >= 11 is 0. The molecule has 3 aromatic carbocycles. The molecule has 1 aliphatic heterocycles. The topological polar surface area (TPSA) is 119 Å². The fraction of sp³-hybridized carbons (Fsp3) is 0.0417. The van der Waals surface area contributed by atoms with Crippen LogP contribution in [0.2, 0.25) is 0 Å². The number of anilines is 2. The van der Waals surface area contributed by atoms with E-state index < -0.39 is 30.3 Å². The zero-order valence-electron chi connectivity index (χ0n) is 17.0. The van der Waals surface area contributed by atoms with Crippen molar-refractivity contribution in [2.45, 2.75) is 0 Å². The fourth-order valence-corrected chi connectivity index (χ4v) is 3.68. The van der Waals surface area contributed by atoms with Crippen LogP contribution in [-0.4, -0.2) is 35.5 Å². The summed E-state index contributed by atoms with van der Waals surface area (Å²) in [7, 11) is 0. The highest BCUT2D eigenvalue weighted by molar-refractivity contribution is 6.35. The van der Waals surface area contributed by atoms with Gasteiger partial charge in [-0.05, 0) is 41.8 Å². The van der Waals surface area contributed by atoms with Gasteiger partial charge in [0, 0.05) is 22.6 Å². The number of rotatable bonds is 5. The molecule has 1 aliphatic rings. The molecule has 0 spiro atoms. The Kier molecular flexibility index (Phi) is 4.91. The normalized spacial score (nSPS) is 12.7. The summed E-state index contributed by atoms with van der Waals surface area (Å²) in [6, 6.07) is 17.9. The molecular weight excluding hydrogens is 426 g/mol. The zero-order valence-corrected chi connectivity index (χ0v) is 17.0. The highest BCUT2D eigenvalue weighted by atomic mass is 16.5. The number of aromatic nitrogens is 1. The van der Waals surface area contributed by atoms with E-state index in [-0.39, 0.29) is 11.4 Å². The summed E-state index contributed by atoms with van der Waals surface area (Å²) in [5.41, 5.74) is 1.35. The van der Waals surface area contributed by atoms with Gasteiger partial charge in [-0.1, -0.05) is 29.4 Å². The minimum absolute atomic E-state index is 0.160. The third-order valence-corrected chi connectivity index (χ3v) is 5.17. The summed E-state index contributed by atoms with van der Waals surface area (Å²) in [6.45, 7) is -0.517. The SMILES string of the molecule is O=C(COC(=O)c1ccc(N2C(=O)c3cccc4cccc(c34)C2=O)cc1)Nc1ccon1. The monoisotopic (exact) mass is 441 g/mol. The lowest BCUT2D eigenvalue weighted by atomic mass is 9.94. The van der Waals surface area contributed by atoms with Crippen LogP contribution in [0, 0.1) is 0 Å². The average Bonchev–Trinajstić information content (AvgIpc) is 3.34. The molecule has 162 valence electrons. The molecule has 0 radical (unpaired) electrons. The van der Waals surface area contributed by atoms with Crippen molar-refractivity contribution in [2.24, 2.45) is 0 Å². The fourth-order valence-electron chi connectivity index (χ4n) is 3.68. The Hall–Kier alpha value is -4.79. The molecule has 9 nitrogen and oxygen atoms in total. The number of imide groups is 1. The molecule has 9 heteroatoms. The first-order chi connectivity index (χ1) is 16.0. The van der Waals surface area contributed by atoms with Crippen molar-refractivity contribution in [3.63, 3.8) is 0 Å². The lowest BCUT2D eigenvalue weighted by Gasteiger charge is -2.27. The van der Waals surface area contributed by atoms with Gasteiger partial charge in [-0.3, -0.25) is 14.4 Å². The second-order valence-corrected chi connectivity index (χ2v) is 7.21. The van der Waals surface area contributed by atoms with E-state index >= 15 is 0 Å². The molecule has 5 rings (SSSR count). The van der Waals surface area contributed by atoms with E-state index in [0.29, 0.717) is 22.2 Å². The van der Waals surface area contributed by atoms with E-state index in [1.165, 1.54) is 36.6 Å². The predicted molar refractivity (Wildman–Crippen MR) is 117 cm³/mol. The summed E-state index contributed by atoms with van der Waals surface area (Å²) in [5, 5.41) is 7.38. The van der Waals surface area contributed by atoms with Crippen molar-refractivity contribution in [3.8, 4) is 0 Å². The van der Waals surface area contributed by atoms with Gasteiger partial charge in [0.1, 0.15) is 6.26 Å². The Morgan fingerprint density at radius 1 is 0.909 bits per heavy atom. The number of amides is 3. The molecule has 3 amide bonds. The summed E-state index contributed by atoms with van der Waals surface area (Å²) in [5.74, 6) is -1.99. The molecule has 0 fully saturated rings. The number of nitrogens with zero attached hydrogens (tertiary/aromatic N) is 2. The van der Waals surface area contributed by atoms with Crippen molar-refractivity contribution in [2.75, 3.05) is 16.8 Å². The first kappa shape index (κ1) is 20.1. The highest BCUT2D eigenvalue weighted by Crippen LogP contribution is 2.32. The predicted octanol–water partition coefficient (Wildman–Crippen LogP) is 3.42. The average molecular weight is 441 g/mol. The van der Waals surface area contributed by atoms with Crippen LogP contribution >= 0.6 is 0 Å². The van der Waals surface area contributed by atoms with Crippen LogP contribution in [0.3, 0.4) is 0 Å². The number of hydrogen-bond donors (Lipinski definition) is 1. The second kappa shape index (κ2) is 8.04. The van der Waals surface area contributed by atoms with Crippen LogP contribution in [0.1, 0.15) is 31.1 Å². The minimum Gasteiger partial charge on any atom is -0.452 e. The van der Waals surface area contributed by atoms with Crippen molar-refractivity contribution < 1.29 is 28.4 Å². The first-order valence-corrected chi connectivity index (χ1v) is 9.91. The Balaban J connectivity index is 1.32. The molecule has 1 N–H and O–H groups in total. The van der Waals surface area contributed by atoms with Gasteiger partial charge in [0.2, 0.25) is 0 Å². The summed E-state index contributed by atoms with van der Waals surface area (Å²) in [4.78, 5) is 51.4. The van der Waals surface area contributed by atoms with Gasteiger partial charge < -0.3 is 14.6 Å². The van der Waals surface area contributed by atoms with Gasteiger partial charge in [-0.25, -0.2) is 9.69 Å². The van der Waals surface area contributed by atoms with E-state index in [1.807, 2.05) is 12.1 Å². The standard InChI is InChI=1S/C24H15N3O6/c28-20(25-19-11-12-33-26-19)13-32-24(31)15-7-9-16(10-8-15)27-22(29)17-5-1-3-14-4-2-6-18(21(14)17)23(27)30/h1-12H,13H2,(H,25,26,28). The van der Waals surface area contributed by atoms with E-state index in [0.717, 1.165) is 10.3 Å². The lowest BCUT2D eigenvalue weighted by Crippen LogP contribution is -2.40. The van der Waals surface area contributed by atoms with Gasteiger partial charge in [0.15, 0.2) is 12.4 Å². The van der Waals surface area contributed by atoms with Gasteiger partial charge in [0.05, 0.1) is 11.3 Å². The molecule has 1 aromatic heterocycles. The van der Waals surface area contributed by atoms with Gasteiger partial charge in [-0.15, -0.1) is 0 Å². The smallest absolute Gasteiger partial charge is 0.338 e. The molecule has 0 saturated carbocycles. The number of nitrogens with one attached hydrogen (secondary N) is 1. The third kappa shape index (κ3) is 3.61. The molecule has 33 heavy (non-hydrogen) atoms. The number of esters is 1. The molecular formula is C24H15N3O6. The van der Waals surface area contributed by atoms with Crippen LogP contribution in [0.15, 0.2) is 77.5 Å². The van der Waals surface area contributed by atoms with E-state index in [1.54, 1.807) is 24.3 Å². The van der Waals surface area contributed by atoms with Crippen molar-refractivity contribution >= 4 is 46.0 Å². The van der Waals surface area contributed by atoms with Crippen LogP contribution in [-0.2, 0) is 9.53 Å². The summed E-state index contributed by atoms with van der Waals surface area (Å²) < 4.78 is 9.59. The van der Waals surface area contributed by atoms with E-state index in [2.05, 4.69) is 15.0 Å². The summed E-state index contributed by atoms with van der Waals surface area (Å²) in [6.07, 6.45) is 1.29. The number of benzene rings is 3. The van der Waals surface area contributed by atoms with Crippen LogP contribution in [0.25, 0.3) is 10.8 Å². The maximum Gasteiger partial charge on any atom is 0.338 e. The zero-order chi connectivity index (χ0) is 22.9. The third-order valence-electron chi connectivity index (χ3n) is 5.17. The van der Waals surface area contributed by atoms with Gasteiger partial charge in [0.25, 0.3) is 17.7 Å². The number of carbonyl (C=O) groups excluding carboxylic acids is 4. The first-order valence-electron chi connectivity index (χ1n) is 9.91. The molecule has 0 aliphatic carbocycles. The Labute approximate surface area is 186 Å². The van der Waals surface area contributed by atoms with Crippen molar-refractivity contribution in [1.82, 2.24) is 5.16 Å². The molecule has 0 bridgehead atoms. The van der Waals surface area contributed by atoms with E-state index in [9.17, 15) is 19.2 Å². The Morgan fingerprint density at radius 2 is 1.58 bits per heavy atom. The molecule has 2 heterocycles.